The molecule has 3 aromatic rings. The van der Waals surface area contributed by atoms with Gasteiger partial charge in [0, 0.05) is 175 Å². The number of rotatable bonds is 38. The zero-order chi connectivity index (χ0) is 94.1. The highest BCUT2D eigenvalue weighted by atomic mass is 32.2. The summed E-state index contributed by atoms with van der Waals surface area (Å²) >= 11 is 1.72. The summed E-state index contributed by atoms with van der Waals surface area (Å²) in [4.78, 5) is 26.6. The number of carbonyl (C=O) groups excluding carboxylic acids is 1. The molecule has 5 saturated heterocycles. The number of imidazole rings is 2. The number of piperidine rings is 2. The second-order valence-electron chi connectivity index (χ2n) is 31.6. The van der Waals surface area contributed by atoms with E-state index < -0.39 is 29.9 Å². The number of furan rings is 1. The maximum atomic E-state index is 11.1. The Bertz CT molecular complexity index is 2990. The predicted octanol–water partition coefficient (Wildman–Crippen LogP) is 1.07. The van der Waals surface area contributed by atoms with E-state index in [1.807, 2.05) is 99.2 Å². The fourth-order valence-electron chi connectivity index (χ4n) is 11.9. The van der Waals surface area contributed by atoms with E-state index in [0.717, 1.165) is 159 Å². The molecule has 0 radical (unpaired) electrons. The molecule has 5 unspecified atom stereocenters. The molecule has 8 heterocycles. The molecule has 6 fully saturated rings. The first kappa shape index (κ1) is 127. The van der Waals surface area contributed by atoms with Crippen LogP contribution in [0.15, 0.2) is 59.1 Å². The SMILES string of the molecule is CNC(CO)CO.CNC(COC)COC.CNC1CCCC(O)C1.CNC1CCCN(CC(C)(C)C)C1.CNC1CCN(S(C)(=O)=O)CC1.CNCC1CCCO1.CNCC1COCCO1.CNCCCN1CCCC1=O.CNCCCn1ccnc1.CNCCS(=O)(=O)N(C)C.CNCCS(C)(=O)=O.CNCCSc1ncc[nH]1.CNCc1ccco1. The van der Waals surface area contributed by atoms with E-state index in [4.69, 9.17) is 38.3 Å². The maximum absolute atomic E-state index is 11.1. The zero-order valence-electron chi connectivity index (χ0n) is 80.6. The van der Waals surface area contributed by atoms with Crippen molar-refractivity contribution >= 4 is 47.6 Å². The van der Waals surface area contributed by atoms with Gasteiger partial charge in [-0.15, -0.1) is 0 Å². The molecule has 5 atom stereocenters. The molecule has 5 aliphatic heterocycles. The van der Waals surface area contributed by atoms with Crippen molar-refractivity contribution in [3.8, 4) is 0 Å². The number of methoxy groups -OCH3 is 2. The molecule has 3 aromatic heterocycles. The van der Waals surface area contributed by atoms with Gasteiger partial charge in [0.25, 0.3) is 0 Å². The lowest BCUT2D eigenvalue weighted by atomic mass is 9.93. The number of amides is 1. The van der Waals surface area contributed by atoms with Crippen LogP contribution in [0.25, 0.3) is 0 Å². The first-order chi connectivity index (χ1) is 59.1. The molecular formula is C83H181N21O16S4. The number of nitrogens with one attached hydrogen (secondary N) is 14. The summed E-state index contributed by atoms with van der Waals surface area (Å²) in [5.41, 5.74) is 0.440. The van der Waals surface area contributed by atoms with Gasteiger partial charge < -0.3 is 132 Å². The molecule has 0 aromatic carbocycles. The second-order valence-corrected chi connectivity index (χ2v) is 39.2. The van der Waals surface area contributed by atoms with Gasteiger partial charge in [-0.25, -0.2) is 43.8 Å². The summed E-state index contributed by atoms with van der Waals surface area (Å²) in [5.74, 6) is 2.76. The van der Waals surface area contributed by atoms with Gasteiger partial charge in [-0.1, -0.05) is 32.5 Å². The quantitative estimate of drug-likeness (QED) is 0.0282. The number of likely N-dealkylation sites (N-methyl/N-ethyl adjacent to an activating group) is 5. The molecule has 41 heteroatoms. The third-order valence-corrected chi connectivity index (χ3v) is 24.1. The van der Waals surface area contributed by atoms with Crippen LogP contribution in [0.5, 0.6) is 0 Å². The Labute approximate surface area is 756 Å². The topological polar surface area (TPSA) is 455 Å². The molecule has 0 bridgehead atoms. The summed E-state index contributed by atoms with van der Waals surface area (Å²) in [6, 6.07) is 5.76. The molecule has 1 amide bonds. The highest BCUT2D eigenvalue weighted by Gasteiger charge is 2.25. The van der Waals surface area contributed by atoms with Gasteiger partial charge in [-0.2, -0.15) is 0 Å². The zero-order valence-corrected chi connectivity index (χ0v) is 83.9. The summed E-state index contributed by atoms with van der Waals surface area (Å²) in [5, 5.41) is 66.1. The van der Waals surface area contributed by atoms with Gasteiger partial charge in [0.15, 0.2) is 5.16 Å². The largest absolute Gasteiger partial charge is 0.468 e. The van der Waals surface area contributed by atoms with Crippen molar-refractivity contribution in [2.75, 3.05) is 294 Å². The number of hydrogen-bond donors (Lipinski definition) is 17. The van der Waals surface area contributed by atoms with E-state index in [-0.39, 0.29) is 43.0 Å². The van der Waals surface area contributed by atoms with Crippen LogP contribution in [0.3, 0.4) is 0 Å². The number of aromatic amines is 1. The normalized spacial score (nSPS) is 18.5. The first-order valence-corrected chi connectivity index (χ1v) is 50.5. The number of thioether (sulfide) groups is 1. The number of ether oxygens (including phenoxy) is 5. The lowest BCUT2D eigenvalue weighted by molar-refractivity contribution is -0.127. The molecule has 37 nitrogen and oxygen atoms in total. The lowest BCUT2D eigenvalue weighted by Gasteiger charge is -2.36. The first-order valence-electron chi connectivity index (χ1n) is 44.0. The Morgan fingerprint density at radius 2 is 1.23 bits per heavy atom. The van der Waals surface area contributed by atoms with E-state index in [1.54, 1.807) is 70.1 Å². The van der Waals surface area contributed by atoms with E-state index >= 15 is 0 Å². The number of aryl methyl sites for hydroxylation is 1. The maximum Gasteiger partial charge on any atom is 0.222 e. The molecule has 9 rings (SSSR count). The number of sulfonamides is 2. The minimum atomic E-state index is -2.99. The minimum absolute atomic E-state index is 0.00694. The number of carbonyl (C=O) groups is 1. The number of aromatic nitrogens is 4. The standard InChI is InChI=1S/C11H24N2.C8H16N2O.C7H13N3.C7H16N2O2S.C7H15NO.C6H11N3S.C6H13NO2.C6H15NO2.C6H13NO.C6H9NO.C5H14N2O2S.C4H11NO2S.C4H11NO2/c1-11(2,3)9-13-7-5-6-10(8-13)12-4;1-9-5-3-7-10-6-2-4-8(10)11;1-8-3-2-5-10-6-4-9-7-10;1-8-7-3-5-9(6-4-7)12(2,10)11;1-8-6-3-2-4-7(9)5-6;1-7-4-5-10-6-8-2-3-9-6;1-7-4-6-5-8-2-3-9-6;1-7-6(4-8-2)5-9-3;2*1-7-5-6-3-2-4-8-6;1-6-4-5-10(8,9)7(2)3;1-5-3-4-8(2,6)7;1-5-4(2-6)3-7/h10,12H,5-9H2,1-4H3;9H,2-7H2,1H3;4,6-8H,2-3,5H2,1H3;7-8H,3-6H2,1-2H3;6-9H,2-5H2,1H3;2-3,7H,4-5H2,1H3,(H,8,9);6-7H,2-5H2,1H3;6-7H,4-5H2,1-3H3;6-7H,2-5H2,1H3;2-4,7H,5H2,1H3;6H,4-5H2,1-3H3;5H,3-4H2,1-2H3;4-7H,2-3H2,1H3. The number of nitrogens with zero attached hydrogens (tertiary/aromatic N) is 7. The molecule has 124 heavy (non-hydrogen) atoms. The van der Waals surface area contributed by atoms with Crippen LogP contribution in [0.1, 0.15) is 116 Å². The van der Waals surface area contributed by atoms with Crippen LogP contribution in [-0.4, -0.2) is 427 Å². The number of likely N-dealkylation sites (tertiary alicyclic amines) is 2. The number of aliphatic hydroxyl groups excluding tert-OH is 3. The van der Waals surface area contributed by atoms with Gasteiger partial charge in [0.1, 0.15) is 15.6 Å². The fraction of sp³-hybridized carbons (Fsp3) is 0.867. The van der Waals surface area contributed by atoms with Crippen molar-refractivity contribution < 1.29 is 73.5 Å². The Morgan fingerprint density at radius 1 is 0.645 bits per heavy atom. The number of hydrogen-bond acceptors (Lipinski definition) is 33. The average molecular weight is 1860 g/mol. The van der Waals surface area contributed by atoms with Crippen molar-refractivity contribution in [3.05, 3.63) is 55.3 Å². The monoisotopic (exact) mass is 1860 g/mol. The van der Waals surface area contributed by atoms with E-state index in [9.17, 15) is 35.2 Å². The summed E-state index contributed by atoms with van der Waals surface area (Å²) in [6.07, 6.45) is 29.5. The number of aliphatic hydroxyl groups is 3. The Morgan fingerprint density at radius 3 is 1.65 bits per heavy atom. The smallest absolute Gasteiger partial charge is 0.222 e. The van der Waals surface area contributed by atoms with Gasteiger partial charge in [0.05, 0.1) is 114 Å². The van der Waals surface area contributed by atoms with Gasteiger partial charge >= 0.3 is 0 Å². The van der Waals surface area contributed by atoms with Crippen molar-refractivity contribution in [1.29, 1.82) is 0 Å². The molecule has 738 valence electrons. The molecule has 1 saturated carbocycles. The third kappa shape index (κ3) is 79.4. The molecular weight excluding hydrogens is 1680 g/mol. The van der Waals surface area contributed by atoms with Crippen LogP contribution in [0.2, 0.25) is 0 Å². The van der Waals surface area contributed by atoms with Crippen molar-refractivity contribution in [2.45, 2.75) is 177 Å². The molecule has 6 aliphatic rings. The van der Waals surface area contributed by atoms with Crippen LogP contribution in [0.4, 0.5) is 0 Å². The van der Waals surface area contributed by atoms with Gasteiger partial charge in [-0.3, -0.25) is 4.79 Å². The minimum Gasteiger partial charge on any atom is -0.468 e. The van der Waals surface area contributed by atoms with Crippen LogP contribution < -0.4 is 69.1 Å². The summed E-state index contributed by atoms with van der Waals surface area (Å²) < 4.78 is 100. The predicted molar refractivity (Wildman–Crippen MR) is 510 cm³/mol. The molecule has 1 aliphatic carbocycles. The average Bonchev–Trinajstić information content (AvgIpc) is 1.45. The Balaban J connectivity index is -0.000000631. The van der Waals surface area contributed by atoms with E-state index in [1.165, 1.54) is 89.1 Å². The lowest BCUT2D eigenvalue weighted by Crippen LogP contribution is -2.46. The van der Waals surface area contributed by atoms with Crippen LogP contribution >= 0.6 is 11.8 Å². The second kappa shape index (κ2) is 84.9. The van der Waals surface area contributed by atoms with Crippen LogP contribution in [-0.2, 0) is 71.5 Å². The van der Waals surface area contributed by atoms with Gasteiger partial charge in [0.2, 0.25) is 26.0 Å². The Hall–Kier alpha value is -3.59. The van der Waals surface area contributed by atoms with Crippen LogP contribution in [0, 0.1) is 5.41 Å². The molecule has 17 N–H and O–H groups in total. The fourth-order valence-corrected chi connectivity index (χ4v) is 15.0. The third-order valence-electron chi connectivity index (χ3n) is 19.1. The molecule has 0 spiro atoms. The number of sulfone groups is 1. The number of H-pyrrole nitrogens is 1. The van der Waals surface area contributed by atoms with Gasteiger partial charge in [-0.05, 0) is 212 Å². The van der Waals surface area contributed by atoms with Crippen molar-refractivity contribution in [3.63, 3.8) is 0 Å². The highest BCUT2D eigenvalue weighted by molar-refractivity contribution is 7.99. The summed E-state index contributed by atoms with van der Waals surface area (Å²) in [7, 11) is 22.3. The Kier molecular flexibility index (Phi) is 86.8. The van der Waals surface area contributed by atoms with E-state index in [0.29, 0.717) is 74.9 Å². The summed E-state index contributed by atoms with van der Waals surface area (Å²) in [6.45, 7) is 26.4. The highest BCUT2D eigenvalue weighted by Crippen LogP contribution is 2.20. The van der Waals surface area contributed by atoms with Crippen molar-refractivity contribution in [1.82, 2.24) is 107 Å². The van der Waals surface area contributed by atoms with E-state index in [2.05, 4.69) is 121 Å². The van der Waals surface area contributed by atoms with Crippen molar-refractivity contribution in [2.24, 2.45) is 5.41 Å².